The Labute approximate surface area is 133 Å². The molecule has 0 aliphatic carbocycles. The smallest absolute Gasteiger partial charge is 0.328 e. The van der Waals surface area contributed by atoms with Gasteiger partial charge in [0.15, 0.2) is 0 Å². The van der Waals surface area contributed by atoms with Gasteiger partial charge in [0.1, 0.15) is 0 Å². The summed E-state index contributed by atoms with van der Waals surface area (Å²) < 4.78 is 0. The Hall–Kier alpha value is -1.78. The highest BCUT2D eigenvalue weighted by molar-refractivity contribution is 7.09. The molecule has 0 spiro atoms. The first kappa shape index (κ1) is 15.6. The molecule has 3 nitrogen and oxygen atoms in total. The maximum Gasteiger partial charge on any atom is 0.328 e. The van der Waals surface area contributed by atoms with E-state index in [9.17, 15) is 4.79 Å². The zero-order valence-electron chi connectivity index (χ0n) is 11.6. The number of carbonyl (C=O) groups is 1. The first-order valence-corrected chi connectivity index (χ1v) is 7.76. The number of nitrogens with zero attached hydrogens (tertiary/aromatic N) is 1. The second-order valence-corrected chi connectivity index (χ2v) is 6.03. The first-order chi connectivity index (χ1) is 10.1. The van der Waals surface area contributed by atoms with Crippen LogP contribution in [0, 0.1) is 0 Å². The van der Waals surface area contributed by atoms with E-state index in [0.29, 0.717) is 5.02 Å². The van der Waals surface area contributed by atoms with E-state index in [1.165, 1.54) is 4.88 Å². The van der Waals surface area contributed by atoms with E-state index in [1.54, 1.807) is 23.5 Å². The molecule has 5 heteroatoms. The molecule has 1 aromatic carbocycles. The third-order valence-electron chi connectivity index (χ3n) is 3.11. The SMILES string of the molecule is CN(CCc1cccs1)c1cccc(Cl)c1C=CC(=O)O. The Morgan fingerprint density at radius 1 is 1.38 bits per heavy atom. The molecule has 1 aromatic heterocycles. The standard InChI is InChI=1S/C16H16ClNO2S/c1-18(10-9-12-4-3-11-21-12)15-6-2-5-14(17)13(15)7-8-16(19)20/h2-8,11H,9-10H2,1H3,(H,19,20). The summed E-state index contributed by atoms with van der Waals surface area (Å²) >= 11 is 7.93. The minimum Gasteiger partial charge on any atom is -0.478 e. The minimum absolute atomic E-state index is 0.549. The molecule has 21 heavy (non-hydrogen) atoms. The molecule has 2 aromatic rings. The number of anilines is 1. The fourth-order valence-corrected chi connectivity index (χ4v) is 2.96. The predicted molar refractivity (Wildman–Crippen MR) is 89.4 cm³/mol. The molecule has 0 radical (unpaired) electrons. The molecule has 0 bridgehead atoms. The maximum absolute atomic E-state index is 10.7. The molecular formula is C16H16ClNO2S. The monoisotopic (exact) mass is 321 g/mol. The highest BCUT2D eigenvalue weighted by atomic mass is 35.5. The van der Waals surface area contributed by atoms with Crippen LogP contribution >= 0.6 is 22.9 Å². The Morgan fingerprint density at radius 2 is 2.19 bits per heavy atom. The van der Waals surface area contributed by atoms with E-state index in [4.69, 9.17) is 16.7 Å². The van der Waals surface area contributed by atoms with Crippen LogP contribution in [0.5, 0.6) is 0 Å². The number of carboxylic acids is 1. The molecule has 1 heterocycles. The number of benzene rings is 1. The number of hydrogen-bond acceptors (Lipinski definition) is 3. The molecule has 0 saturated heterocycles. The summed E-state index contributed by atoms with van der Waals surface area (Å²) in [4.78, 5) is 14.1. The van der Waals surface area contributed by atoms with Crippen LogP contribution in [0.15, 0.2) is 41.8 Å². The molecule has 0 fully saturated rings. The zero-order valence-corrected chi connectivity index (χ0v) is 13.2. The van der Waals surface area contributed by atoms with Crippen LogP contribution in [-0.4, -0.2) is 24.7 Å². The number of carboxylic acid groups (broad SMARTS) is 1. The minimum atomic E-state index is -0.984. The van der Waals surface area contributed by atoms with Crippen molar-refractivity contribution in [3.63, 3.8) is 0 Å². The normalized spacial score (nSPS) is 11.0. The molecule has 2 rings (SSSR count). The van der Waals surface area contributed by atoms with Crippen molar-refractivity contribution in [3.05, 3.63) is 57.3 Å². The molecule has 110 valence electrons. The Bertz CT molecular complexity index is 638. The number of aliphatic carboxylic acids is 1. The fourth-order valence-electron chi connectivity index (χ4n) is 2.03. The van der Waals surface area contributed by atoms with Crippen molar-refractivity contribution < 1.29 is 9.90 Å². The predicted octanol–water partition coefficient (Wildman–Crippen LogP) is 4.18. The van der Waals surface area contributed by atoms with Crippen LogP contribution in [0.25, 0.3) is 6.08 Å². The van der Waals surface area contributed by atoms with Crippen LogP contribution in [0.4, 0.5) is 5.69 Å². The Balaban J connectivity index is 2.17. The van der Waals surface area contributed by atoms with Crippen LogP contribution in [0.3, 0.4) is 0 Å². The second kappa shape index (κ2) is 7.29. The van der Waals surface area contributed by atoms with Gasteiger partial charge in [-0.15, -0.1) is 11.3 Å². The van der Waals surface area contributed by atoms with Crippen molar-refractivity contribution >= 4 is 40.7 Å². The average molecular weight is 322 g/mol. The number of halogens is 1. The lowest BCUT2D eigenvalue weighted by Crippen LogP contribution is -2.21. The van der Waals surface area contributed by atoms with Gasteiger partial charge in [0.25, 0.3) is 0 Å². The van der Waals surface area contributed by atoms with Crippen molar-refractivity contribution in [3.8, 4) is 0 Å². The van der Waals surface area contributed by atoms with E-state index in [2.05, 4.69) is 16.3 Å². The van der Waals surface area contributed by atoms with E-state index >= 15 is 0 Å². The van der Waals surface area contributed by atoms with Crippen molar-refractivity contribution in [2.45, 2.75) is 6.42 Å². The van der Waals surface area contributed by atoms with Crippen LogP contribution in [0.1, 0.15) is 10.4 Å². The topological polar surface area (TPSA) is 40.5 Å². The van der Waals surface area contributed by atoms with Gasteiger partial charge in [-0.25, -0.2) is 4.79 Å². The molecule has 0 atom stereocenters. The van der Waals surface area contributed by atoms with Gasteiger partial charge >= 0.3 is 5.97 Å². The van der Waals surface area contributed by atoms with Crippen LogP contribution in [0.2, 0.25) is 5.02 Å². The third kappa shape index (κ3) is 4.34. The van der Waals surface area contributed by atoms with Gasteiger partial charge in [-0.2, -0.15) is 0 Å². The summed E-state index contributed by atoms with van der Waals surface area (Å²) in [5.41, 5.74) is 1.66. The fraction of sp³-hybridized carbons (Fsp3) is 0.188. The quantitative estimate of drug-likeness (QED) is 0.811. The Morgan fingerprint density at radius 3 is 2.86 bits per heavy atom. The lowest BCUT2D eigenvalue weighted by atomic mass is 10.1. The summed E-state index contributed by atoms with van der Waals surface area (Å²) in [6.07, 6.45) is 3.60. The number of likely N-dealkylation sites (N-methyl/N-ethyl adjacent to an activating group) is 1. The summed E-state index contributed by atoms with van der Waals surface area (Å²) in [7, 11) is 1.98. The van der Waals surface area contributed by atoms with Gasteiger partial charge < -0.3 is 10.0 Å². The second-order valence-electron chi connectivity index (χ2n) is 4.60. The largest absolute Gasteiger partial charge is 0.478 e. The molecule has 1 N–H and O–H groups in total. The van der Waals surface area contributed by atoms with E-state index in [1.807, 2.05) is 25.2 Å². The van der Waals surface area contributed by atoms with E-state index in [0.717, 1.165) is 30.3 Å². The third-order valence-corrected chi connectivity index (χ3v) is 4.37. The first-order valence-electron chi connectivity index (χ1n) is 6.51. The summed E-state index contributed by atoms with van der Waals surface area (Å²) in [5.74, 6) is -0.984. The molecule has 0 amide bonds. The van der Waals surface area contributed by atoms with Gasteiger partial charge in [0.05, 0.1) is 0 Å². The van der Waals surface area contributed by atoms with Crippen molar-refractivity contribution in [2.24, 2.45) is 0 Å². The van der Waals surface area contributed by atoms with Gasteiger partial charge in [0, 0.05) is 40.8 Å². The van der Waals surface area contributed by atoms with Crippen LogP contribution in [-0.2, 0) is 11.2 Å². The van der Waals surface area contributed by atoms with Crippen molar-refractivity contribution in [1.82, 2.24) is 0 Å². The highest BCUT2D eigenvalue weighted by Crippen LogP contribution is 2.28. The van der Waals surface area contributed by atoms with Gasteiger partial charge in [-0.1, -0.05) is 23.7 Å². The van der Waals surface area contributed by atoms with Gasteiger partial charge in [0.2, 0.25) is 0 Å². The molecular weight excluding hydrogens is 306 g/mol. The molecule has 0 saturated carbocycles. The molecule has 0 aliphatic heterocycles. The van der Waals surface area contributed by atoms with Crippen molar-refractivity contribution in [2.75, 3.05) is 18.5 Å². The molecule has 0 unspecified atom stereocenters. The molecule has 0 aliphatic rings. The lowest BCUT2D eigenvalue weighted by molar-refractivity contribution is -0.131. The number of hydrogen-bond donors (Lipinski definition) is 1. The van der Waals surface area contributed by atoms with E-state index in [-0.39, 0.29) is 0 Å². The number of rotatable bonds is 6. The summed E-state index contributed by atoms with van der Waals surface area (Å²) in [6, 6.07) is 9.74. The summed E-state index contributed by atoms with van der Waals surface area (Å²) in [5, 5.41) is 11.4. The van der Waals surface area contributed by atoms with Crippen molar-refractivity contribution in [1.29, 1.82) is 0 Å². The van der Waals surface area contributed by atoms with Crippen LogP contribution < -0.4 is 4.90 Å². The number of thiophene rings is 1. The maximum atomic E-state index is 10.7. The van der Waals surface area contributed by atoms with E-state index < -0.39 is 5.97 Å². The lowest BCUT2D eigenvalue weighted by Gasteiger charge is -2.22. The Kier molecular flexibility index (Phi) is 5.42. The highest BCUT2D eigenvalue weighted by Gasteiger charge is 2.09. The van der Waals surface area contributed by atoms with Gasteiger partial charge in [-0.05, 0) is 36.1 Å². The zero-order chi connectivity index (χ0) is 15.2. The average Bonchev–Trinajstić information content (AvgIpc) is 2.96. The summed E-state index contributed by atoms with van der Waals surface area (Å²) in [6.45, 7) is 0.842. The van der Waals surface area contributed by atoms with Gasteiger partial charge in [-0.3, -0.25) is 0 Å².